The number of carbonyl (C=O) groups excluding carboxylic acids is 4. The number of hydrogen-bond donors (Lipinski definition) is 3. The zero-order valence-electron chi connectivity index (χ0n) is 21.0. The van der Waals surface area contributed by atoms with E-state index in [1.54, 1.807) is 18.2 Å². The molecule has 6 rings (SSSR count). The van der Waals surface area contributed by atoms with Crippen LogP contribution in [-0.4, -0.2) is 66.0 Å². The highest BCUT2D eigenvalue weighted by Gasteiger charge is 2.76. The van der Waals surface area contributed by atoms with Gasteiger partial charge in [-0.05, 0) is 54.6 Å². The molecule has 0 bridgehead atoms. The second-order valence-electron chi connectivity index (χ2n) is 10.7. The third-order valence-electron chi connectivity index (χ3n) is 8.74. The van der Waals surface area contributed by atoms with E-state index in [2.05, 4.69) is 31.9 Å². The molecule has 0 spiro atoms. The first kappa shape index (κ1) is 28.9. The summed E-state index contributed by atoms with van der Waals surface area (Å²) in [6.07, 6.45) is 1.74. The van der Waals surface area contributed by atoms with Gasteiger partial charge in [0, 0.05) is 16.0 Å². The van der Waals surface area contributed by atoms with Crippen LogP contribution >= 0.6 is 55.1 Å². The van der Waals surface area contributed by atoms with Crippen LogP contribution in [0.25, 0.3) is 0 Å². The Balaban J connectivity index is 1.52. The number of alkyl halides is 3. The van der Waals surface area contributed by atoms with Crippen molar-refractivity contribution in [3.05, 3.63) is 64.1 Å². The molecule has 4 aliphatic rings. The van der Waals surface area contributed by atoms with Crippen LogP contribution in [0, 0.1) is 17.8 Å². The number of imide groups is 2. The fourth-order valence-corrected chi connectivity index (χ4v) is 8.73. The van der Waals surface area contributed by atoms with Crippen LogP contribution in [0.5, 0.6) is 5.75 Å². The number of aromatic hydroxyl groups is 1. The Hall–Kier alpha value is -2.22. The molecule has 2 aliphatic heterocycles. The minimum Gasteiger partial charge on any atom is -0.508 e. The fourth-order valence-electron chi connectivity index (χ4n) is 6.93. The molecule has 2 aromatic rings. The third-order valence-corrected chi connectivity index (χ3v) is 11.2. The summed E-state index contributed by atoms with van der Waals surface area (Å²) in [6.45, 7) is 0. The highest BCUT2D eigenvalue weighted by molar-refractivity contribution is 9.10. The molecule has 3 fully saturated rings. The number of nitrogens with zero attached hydrogens (tertiary/aromatic N) is 2. The number of halogens is 4. The molecule has 2 saturated heterocycles. The van der Waals surface area contributed by atoms with E-state index in [4.69, 9.17) is 23.2 Å². The molecular formula is C27H21BBr2Cl2N2O7. The molecule has 2 heterocycles. The first-order valence-electron chi connectivity index (χ1n) is 12.7. The van der Waals surface area contributed by atoms with E-state index >= 15 is 0 Å². The van der Waals surface area contributed by atoms with Crippen molar-refractivity contribution in [3.63, 3.8) is 0 Å². The van der Waals surface area contributed by atoms with Gasteiger partial charge in [-0.3, -0.25) is 29.0 Å². The van der Waals surface area contributed by atoms with Gasteiger partial charge in [0.25, 0.3) is 11.8 Å². The van der Waals surface area contributed by atoms with Gasteiger partial charge in [0.15, 0.2) is 9.75 Å². The Kier molecular flexibility index (Phi) is 6.99. The zero-order valence-corrected chi connectivity index (χ0v) is 25.7. The van der Waals surface area contributed by atoms with Gasteiger partial charge in [-0.1, -0.05) is 55.6 Å². The number of likely N-dealkylation sites (tertiary alicyclic amines) is 1. The predicted octanol–water partition coefficient (Wildman–Crippen LogP) is 2.75. The predicted molar refractivity (Wildman–Crippen MR) is 158 cm³/mol. The van der Waals surface area contributed by atoms with E-state index in [0.29, 0.717) is 10.0 Å². The summed E-state index contributed by atoms with van der Waals surface area (Å²) in [6, 6.07) is 10.5. The number of carbonyl (C=O) groups is 4. The third kappa shape index (κ3) is 3.87. The van der Waals surface area contributed by atoms with Crippen molar-refractivity contribution >= 4 is 97.0 Å². The van der Waals surface area contributed by atoms with Crippen LogP contribution in [0.15, 0.2) is 58.6 Å². The van der Waals surface area contributed by atoms with E-state index < -0.39 is 64.2 Å². The Morgan fingerprint density at radius 1 is 1.00 bits per heavy atom. The van der Waals surface area contributed by atoms with Gasteiger partial charge in [-0.25, -0.2) is 0 Å². The summed E-state index contributed by atoms with van der Waals surface area (Å²) < 4.78 is 0.584. The first-order chi connectivity index (χ1) is 19.4. The minimum absolute atomic E-state index is 0.108. The number of fused-ring (bicyclic) bond motifs is 4. The van der Waals surface area contributed by atoms with Crippen molar-refractivity contribution in [1.82, 2.24) is 4.90 Å². The molecule has 1 saturated carbocycles. The highest BCUT2D eigenvalue weighted by atomic mass is 79.9. The maximum absolute atomic E-state index is 14.0. The van der Waals surface area contributed by atoms with Crippen molar-refractivity contribution in [2.75, 3.05) is 10.4 Å². The summed E-state index contributed by atoms with van der Waals surface area (Å²) in [5.41, 5.74) is 0.939. The summed E-state index contributed by atoms with van der Waals surface area (Å²) in [7, 11) is -1.80. The molecule has 41 heavy (non-hydrogen) atoms. The molecule has 6 atom stereocenters. The van der Waals surface area contributed by atoms with Gasteiger partial charge in [0.1, 0.15) is 5.75 Å². The number of rotatable bonds is 4. The molecule has 9 nitrogen and oxygen atoms in total. The van der Waals surface area contributed by atoms with Gasteiger partial charge in [-0.2, -0.15) is 0 Å². The number of amides is 4. The Morgan fingerprint density at radius 3 is 2.41 bits per heavy atom. The molecule has 0 unspecified atom stereocenters. The van der Waals surface area contributed by atoms with Crippen LogP contribution in [0.2, 0.25) is 0 Å². The minimum atomic E-state index is -2.02. The molecular weight excluding hydrogens is 706 g/mol. The van der Waals surface area contributed by atoms with E-state index in [0.717, 1.165) is 9.80 Å². The molecule has 4 amide bonds. The number of phenolic OH excluding ortho intramolecular Hbond substituents is 1. The van der Waals surface area contributed by atoms with Crippen molar-refractivity contribution in [1.29, 1.82) is 0 Å². The lowest BCUT2D eigenvalue weighted by Gasteiger charge is -2.50. The lowest BCUT2D eigenvalue weighted by Crippen LogP contribution is -2.60. The van der Waals surface area contributed by atoms with Crippen LogP contribution in [0.1, 0.15) is 24.3 Å². The second-order valence-corrected chi connectivity index (χ2v) is 13.3. The Bertz CT molecular complexity index is 1570. The van der Waals surface area contributed by atoms with E-state index in [1.165, 1.54) is 30.3 Å². The Morgan fingerprint density at radius 2 is 1.73 bits per heavy atom. The van der Waals surface area contributed by atoms with E-state index in [9.17, 15) is 34.3 Å². The highest BCUT2D eigenvalue weighted by Crippen LogP contribution is 2.66. The molecule has 14 heteroatoms. The van der Waals surface area contributed by atoms with E-state index in [-0.39, 0.29) is 40.8 Å². The van der Waals surface area contributed by atoms with Gasteiger partial charge in [0.05, 0.1) is 23.0 Å². The molecule has 3 N–H and O–H groups in total. The van der Waals surface area contributed by atoms with Crippen molar-refractivity contribution in [2.24, 2.45) is 17.8 Å². The molecule has 212 valence electrons. The summed E-state index contributed by atoms with van der Waals surface area (Å²) in [5, 5.41) is 30.2. The SMILES string of the molecule is O=C1[C@H]2[C@H](CC=C3[C@H]2C[C@@]2(Cl)C(=O)N(CBr)C(=O)[C@@]2(Cl)[C@H]3c2cc(Br)ccc2O)C(=O)N1c1cccc(B(O)O)c1. The second kappa shape index (κ2) is 9.92. The topological polar surface area (TPSA) is 135 Å². The van der Waals surface area contributed by atoms with Crippen LogP contribution < -0.4 is 10.4 Å². The maximum Gasteiger partial charge on any atom is 0.488 e. The monoisotopic (exact) mass is 724 g/mol. The van der Waals surface area contributed by atoms with Gasteiger partial charge in [-0.15, -0.1) is 23.2 Å². The summed E-state index contributed by atoms with van der Waals surface area (Å²) >= 11 is 20.9. The smallest absolute Gasteiger partial charge is 0.488 e. The lowest BCUT2D eigenvalue weighted by atomic mass is 9.56. The van der Waals surface area contributed by atoms with Crippen molar-refractivity contribution < 1.29 is 34.3 Å². The summed E-state index contributed by atoms with van der Waals surface area (Å²) in [5.74, 6) is -6.19. The number of anilines is 1. The van der Waals surface area contributed by atoms with Gasteiger partial charge < -0.3 is 15.2 Å². The number of benzene rings is 2. The van der Waals surface area contributed by atoms with Crippen molar-refractivity contribution in [2.45, 2.75) is 28.5 Å². The largest absolute Gasteiger partial charge is 0.508 e. The lowest BCUT2D eigenvalue weighted by molar-refractivity contribution is -0.138. The zero-order chi connectivity index (χ0) is 29.6. The van der Waals surface area contributed by atoms with Crippen LogP contribution in [0.3, 0.4) is 0 Å². The normalized spacial score (nSPS) is 32.6. The van der Waals surface area contributed by atoms with Gasteiger partial charge >= 0.3 is 7.12 Å². The fraction of sp³-hybridized carbons (Fsp3) is 0.333. The van der Waals surface area contributed by atoms with Crippen molar-refractivity contribution in [3.8, 4) is 5.75 Å². The number of phenols is 1. The summed E-state index contributed by atoms with van der Waals surface area (Å²) in [4.78, 5) is 53.1. The molecule has 0 radical (unpaired) electrons. The standard InChI is InChI=1S/C27H21BBr2Cl2N2O7/c29-11-33-24(38)26(31)10-18-15(21(27(26,32)25(33)39)17-9-13(30)4-7-19(17)35)5-6-16-20(18)23(37)34(22(16)36)14-3-1-2-12(8-14)28(40)41/h1-5,7-9,16,18,20-21,35,40-41H,6,10-11H2/t16-,18+,20-,21+,26+,27-/m0/s1. The van der Waals surface area contributed by atoms with E-state index in [1.807, 2.05) is 0 Å². The first-order valence-corrected chi connectivity index (χ1v) is 15.4. The number of allylic oxidation sites excluding steroid dienone is 2. The quantitative estimate of drug-likeness (QED) is 0.145. The molecule has 0 aromatic heterocycles. The molecule has 2 aliphatic carbocycles. The molecule has 2 aromatic carbocycles. The van der Waals surface area contributed by atoms with Crippen LogP contribution in [0.4, 0.5) is 5.69 Å². The number of hydrogen-bond acceptors (Lipinski definition) is 7. The Labute approximate surface area is 261 Å². The maximum atomic E-state index is 14.0. The average Bonchev–Trinajstić information content (AvgIpc) is 3.28. The van der Waals surface area contributed by atoms with Gasteiger partial charge in [0.2, 0.25) is 11.8 Å². The average molecular weight is 727 g/mol. The van der Waals surface area contributed by atoms with Crippen LogP contribution in [-0.2, 0) is 19.2 Å².